The van der Waals surface area contributed by atoms with Crippen molar-refractivity contribution in [2.24, 2.45) is 16.9 Å². The third-order valence-corrected chi connectivity index (χ3v) is 8.26. The molecular formula is C26H37N7O6S. The predicted molar refractivity (Wildman–Crippen MR) is 156 cm³/mol. The third kappa shape index (κ3) is 7.73. The fraction of sp³-hybridized carbons (Fsp3) is 0.500. The van der Waals surface area contributed by atoms with E-state index in [1.54, 1.807) is 6.07 Å². The summed E-state index contributed by atoms with van der Waals surface area (Å²) in [4.78, 5) is 25.8. The Balaban J connectivity index is 2.01. The summed E-state index contributed by atoms with van der Waals surface area (Å²) in [5.74, 6) is 0.0621. The lowest BCUT2D eigenvalue weighted by Gasteiger charge is -2.34. The first-order chi connectivity index (χ1) is 18.8. The summed E-state index contributed by atoms with van der Waals surface area (Å²) in [6.45, 7) is 11.2. The standard InChI is InChI=1S/C26H37N7O6S/c1-19(2)17-31(18-20(3)4)40(38,39)26-15-23(33(36)37)6-8-24(26)28-27-16-21-14-22(32(34)35)7-9-25(21)30-12-10-29(5)11-13-30/h6-9,14-16,19-20,28H,10-13,17-18H2,1-5H3/b27-16+. The van der Waals surface area contributed by atoms with Gasteiger partial charge in [-0.15, -0.1) is 0 Å². The van der Waals surface area contributed by atoms with Gasteiger partial charge in [0, 0.05) is 74.8 Å². The minimum absolute atomic E-state index is 0.0310. The van der Waals surface area contributed by atoms with Crippen LogP contribution < -0.4 is 10.3 Å². The van der Waals surface area contributed by atoms with Gasteiger partial charge in [-0.2, -0.15) is 9.41 Å². The molecule has 0 bridgehead atoms. The van der Waals surface area contributed by atoms with E-state index < -0.39 is 19.9 Å². The van der Waals surface area contributed by atoms with Gasteiger partial charge in [-0.3, -0.25) is 25.7 Å². The zero-order valence-corrected chi connectivity index (χ0v) is 24.3. The fourth-order valence-electron chi connectivity index (χ4n) is 4.42. The average molecular weight is 576 g/mol. The van der Waals surface area contributed by atoms with Crippen molar-refractivity contribution in [1.82, 2.24) is 9.21 Å². The van der Waals surface area contributed by atoms with Gasteiger partial charge in [-0.1, -0.05) is 27.7 Å². The summed E-state index contributed by atoms with van der Waals surface area (Å²) in [7, 11) is -2.10. The first-order valence-electron chi connectivity index (χ1n) is 13.1. The van der Waals surface area contributed by atoms with Crippen LogP contribution in [0.3, 0.4) is 0 Å². The van der Waals surface area contributed by atoms with Gasteiger partial charge in [0.05, 0.1) is 21.7 Å². The van der Waals surface area contributed by atoms with Crippen molar-refractivity contribution in [2.75, 3.05) is 56.6 Å². The van der Waals surface area contributed by atoms with Crippen LogP contribution in [-0.2, 0) is 10.0 Å². The highest BCUT2D eigenvalue weighted by Gasteiger charge is 2.30. The molecule has 1 aliphatic rings. The van der Waals surface area contributed by atoms with E-state index in [0.29, 0.717) is 5.56 Å². The van der Waals surface area contributed by atoms with Crippen molar-refractivity contribution < 1.29 is 18.3 Å². The maximum atomic E-state index is 13.8. The molecule has 40 heavy (non-hydrogen) atoms. The molecule has 218 valence electrons. The molecule has 1 fully saturated rings. The molecule has 1 aliphatic heterocycles. The van der Waals surface area contributed by atoms with E-state index in [1.807, 2.05) is 34.7 Å². The summed E-state index contributed by atoms with van der Waals surface area (Å²) in [5, 5.41) is 27.2. The van der Waals surface area contributed by atoms with Crippen molar-refractivity contribution in [3.63, 3.8) is 0 Å². The van der Waals surface area contributed by atoms with Gasteiger partial charge in [0.25, 0.3) is 11.4 Å². The first-order valence-corrected chi connectivity index (χ1v) is 14.5. The molecule has 1 N–H and O–H groups in total. The largest absolute Gasteiger partial charge is 0.368 e. The molecule has 1 saturated heterocycles. The van der Waals surface area contributed by atoms with Gasteiger partial charge in [-0.05, 0) is 31.0 Å². The molecule has 1 heterocycles. The van der Waals surface area contributed by atoms with Gasteiger partial charge in [0.2, 0.25) is 10.0 Å². The number of likely N-dealkylation sites (N-methyl/N-ethyl adjacent to an activating group) is 1. The zero-order chi connectivity index (χ0) is 29.6. The molecule has 0 aromatic heterocycles. The second-order valence-corrected chi connectivity index (χ2v) is 12.6. The summed E-state index contributed by atoms with van der Waals surface area (Å²) >= 11 is 0. The molecule has 0 spiro atoms. The number of benzene rings is 2. The second-order valence-electron chi connectivity index (χ2n) is 10.7. The highest BCUT2D eigenvalue weighted by atomic mass is 32.2. The Morgan fingerprint density at radius 1 is 0.950 bits per heavy atom. The molecule has 0 radical (unpaired) electrons. The molecule has 0 unspecified atom stereocenters. The van der Waals surface area contributed by atoms with Gasteiger partial charge < -0.3 is 9.80 Å². The van der Waals surface area contributed by atoms with Crippen LogP contribution in [0.4, 0.5) is 22.7 Å². The number of anilines is 2. The third-order valence-electron chi connectivity index (χ3n) is 6.39. The molecule has 13 nitrogen and oxygen atoms in total. The number of nitrogens with zero attached hydrogens (tertiary/aromatic N) is 6. The first kappa shape index (κ1) is 30.9. The summed E-state index contributed by atoms with van der Waals surface area (Å²) in [6, 6.07) is 8.08. The number of piperazine rings is 1. The van der Waals surface area contributed by atoms with Gasteiger partial charge in [0.15, 0.2) is 0 Å². The van der Waals surface area contributed by atoms with E-state index in [-0.39, 0.29) is 46.9 Å². The highest BCUT2D eigenvalue weighted by molar-refractivity contribution is 7.89. The molecular weight excluding hydrogens is 538 g/mol. The van der Waals surface area contributed by atoms with Crippen LogP contribution in [0, 0.1) is 32.1 Å². The summed E-state index contributed by atoms with van der Waals surface area (Å²) in [6.07, 6.45) is 1.40. The lowest BCUT2D eigenvalue weighted by Crippen LogP contribution is -2.44. The predicted octanol–water partition coefficient (Wildman–Crippen LogP) is 4.00. The number of nitro benzene ring substituents is 2. The van der Waals surface area contributed by atoms with Crippen LogP contribution >= 0.6 is 0 Å². The quantitative estimate of drug-likeness (QED) is 0.225. The van der Waals surface area contributed by atoms with Crippen molar-refractivity contribution in [2.45, 2.75) is 32.6 Å². The maximum absolute atomic E-state index is 13.8. The number of hydrogen-bond donors (Lipinski definition) is 1. The molecule has 3 rings (SSSR count). The van der Waals surface area contributed by atoms with Gasteiger partial charge >= 0.3 is 0 Å². The Morgan fingerprint density at radius 2 is 1.50 bits per heavy atom. The molecule has 2 aromatic rings. The molecule has 0 amide bonds. The van der Waals surface area contributed by atoms with Crippen LogP contribution in [0.15, 0.2) is 46.4 Å². The molecule has 0 saturated carbocycles. The van der Waals surface area contributed by atoms with Crippen LogP contribution in [0.1, 0.15) is 33.3 Å². The summed E-state index contributed by atoms with van der Waals surface area (Å²) in [5.41, 5.74) is 3.57. The number of hydrazone groups is 1. The molecule has 0 atom stereocenters. The van der Waals surface area contributed by atoms with Crippen LogP contribution in [0.5, 0.6) is 0 Å². The Hall–Kier alpha value is -3.62. The Morgan fingerprint density at radius 3 is 2.05 bits per heavy atom. The van der Waals surface area contributed by atoms with E-state index in [4.69, 9.17) is 0 Å². The van der Waals surface area contributed by atoms with Gasteiger partial charge in [-0.25, -0.2) is 8.42 Å². The van der Waals surface area contributed by atoms with Crippen molar-refractivity contribution in [1.29, 1.82) is 0 Å². The monoisotopic (exact) mass is 575 g/mol. The van der Waals surface area contributed by atoms with Crippen molar-refractivity contribution >= 4 is 39.0 Å². The van der Waals surface area contributed by atoms with E-state index in [2.05, 4.69) is 20.3 Å². The van der Waals surface area contributed by atoms with E-state index in [0.717, 1.165) is 37.9 Å². The topological polar surface area (TPSA) is 155 Å². The van der Waals surface area contributed by atoms with E-state index >= 15 is 0 Å². The number of rotatable bonds is 12. The molecule has 0 aliphatic carbocycles. The number of non-ortho nitro benzene ring substituents is 2. The fourth-order valence-corrected chi connectivity index (χ4v) is 6.35. The zero-order valence-electron chi connectivity index (χ0n) is 23.5. The van der Waals surface area contributed by atoms with Crippen LogP contribution in [0.25, 0.3) is 0 Å². The lowest BCUT2D eigenvalue weighted by atomic mass is 10.1. The smallest absolute Gasteiger partial charge is 0.270 e. The van der Waals surface area contributed by atoms with E-state index in [9.17, 15) is 28.6 Å². The molecule has 14 heteroatoms. The SMILES string of the molecule is CC(C)CN(CC(C)C)S(=O)(=O)c1cc([N+](=O)[O-])ccc1N/N=C/c1cc([N+](=O)[O-])ccc1N1CCN(C)CC1. The van der Waals surface area contributed by atoms with Crippen molar-refractivity contribution in [3.05, 3.63) is 62.2 Å². The average Bonchev–Trinajstić information content (AvgIpc) is 2.88. The van der Waals surface area contributed by atoms with Crippen molar-refractivity contribution in [3.8, 4) is 0 Å². The minimum atomic E-state index is -4.13. The number of nitro groups is 2. The Labute approximate surface area is 234 Å². The Bertz CT molecular complexity index is 1350. The number of sulfonamides is 1. The molecule has 2 aromatic carbocycles. The number of nitrogens with one attached hydrogen (secondary N) is 1. The van der Waals surface area contributed by atoms with Crippen LogP contribution in [0.2, 0.25) is 0 Å². The second kappa shape index (κ2) is 13.2. The van der Waals surface area contributed by atoms with E-state index in [1.165, 1.54) is 34.8 Å². The van der Waals surface area contributed by atoms with Gasteiger partial charge in [0.1, 0.15) is 4.90 Å². The Kier molecular flexibility index (Phi) is 10.2. The normalized spacial score (nSPS) is 14.9. The maximum Gasteiger partial charge on any atom is 0.270 e. The number of hydrogen-bond acceptors (Lipinski definition) is 10. The lowest BCUT2D eigenvalue weighted by molar-refractivity contribution is -0.385. The summed E-state index contributed by atoms with van der Waals surface area (Å²) < 4.78 is 28.9. The van der Waals surface area contributed by atoms with Crippen LogP contribution in [-0.4, -0.2) is 80.0 Å². The minimum Gasteiger partial charge on any atom is -0.368 e. The highest BCUT2D eigenvalue weighted by Crippen LogP contribution is 2.31.